The Bertz CT molecular complexity index is 399. The molecule has 5 nitrogen and oxygen atoms in total. The van der Waals surface area contributed by atoms with Gasteiger partial charge in [0, 0.05) is 38.8 Å². The fourth-order valence-electron chi connectivity index (χ4n) is 2.70. The Labute approximate surface area is 114 Å². The maximum absolute atomic E-state index is 4.38. The summed E-state index contributed by atoms with van der Waals surface area (Å²) in [6.07, 6.45) is 7.19. The standard InChI is InChI=1S/C14H23N5/c1-2-12(3-1)4-5-16-13-10-14(18-11-17-13)19-8-6-15-7-9-19/h10-12,15H,1-9H2,(H,16,17,18). The number of anilines is 2. The molecule has 0 spiro atoms. The Kier molecular flexibility index (Phi) is 4.13. The van der Waals surface area contributed by atoms with Crippen LogP contribution in [-0.4, -0.2) is 42.7 Å². The van der Waals surface area contributed by atoms with Gasteiger partial charge in [-0.05, 0) is 12.3 Å². The van der Waals surface area contributed by atoms with Crippen LogP contribution in [0.4, 0.5) is 11.6 Å². The van der Waals surface area contributed by atoms with Gasteiger partial charge in [0.1, 0.15) is 18.0 Å². The number of nitrogens with one attached hydrogen (secondary N) is 2. The van der Waals surface area contributed by atoms with Gasteiger partial charge in [0.05, 0.1) is 0 Å². The lowest BCUT2D eigenvalue weighted by molar-refractivity contribution is 0.303. The van der Waals surface area contributed by atoms with Crippen molar-refractivity contribution in [1.82, 2.24) is 15.3 Å². The minimum Gasteiger partial charge on any atom is -0.370 e. The Morgan fingerprint density at radius 1 is 1.26 bits per heavy atom. The molecule has 0 radical (unpaired) electrons. The first-order valence-electron chi connectivity index (χ1n) is 7.43. The van der Waals surface area contributed by atoms with Gasteiger partial charge in [0.15, 0.2) is 0 Å². The molecule has 2 aliphatic rings. The van der Waals surface area contributed by atoms with E-state index in [9.17, 15) is 0 Å². The number of piperazine rings is 1. The quantitative estimate of drug-likeness (QED) is 0.841. The molecule has 2 heterocycles. The lowest BCUT2D eigenvalue weighted by atomic mass is 9.83. The van der Waals surface area contributed by atoms with Crippen LogP contribution in [0.1, 0.15) is 25.7 Å². The zero-order valence-corrected chi connectivity index (χ0v) is 11.4. The van der Waals surface area contributed by atoms with E-state index in [2.05, 4.69) is 31.6 Å². The van der Waals surface area contributed by atoms with Crippen molar-refractivity contribution in [2.75, 3.05) is 42.9 Å². The summed E-state index contributed by atoms with van der Waals surface area (Å²) in [6.45, 7) is 5.16. The fourth-order valence-corrected chi connectivity index (χ4v) is 2.70. The Morgan fingerprint density at radius 3 is 2.84 bits per heavy atom. The number of rotatable bonds is 5. The third-order valence-electron chi connectivity index (χ3n) is 4.18. The molecular weight excluding hydrogens is 238 g/mol. The molecule has 0 aromatic carbocycles. The van der Waals surface area contributed by atoms with Crippen LogP contribution < -0.4 is 15.5 Å². The van der Waals surface area contributed by atoms with Crippen LogP contribution in [-0.2, 0) is 0 Å². The lowest BCUT2D eigenvalue weighted by Crippen LogP contribution is -2.43. The third kappa shape index (κ3) is 3.35. The molecule has 1 aliphatic heterocycles. The summed E-state index contributed by atoms with van der Waals surface area (Å²) in [6, 6.07) is 2.08. The lowest BCUT2D eigenvalue weighted by Gasteiger charge is -2.28. The van der Waals surface area contributed by atoms with Crippen LogP contribution in [0.3, 0.4) is 0 Å². The fraction of sp³-hybridized carbons (Fsp3) is 0.714. The average Bonchev–Trinajstić information content (AvgIpc) is 2.43. The molecule has 0 unspecified atom stereocenters. The SMILES string of the molecule is c1nc(NCCC2CCC2)cc(N2CCNCC2)n1. The molecule has 1 aliphatic carbocycles. The van der Waals surface area contributed by atoms with E-state index in [1.54, 1.807) is 6.33 Å². The van der Waals surface area contributed by atoms with Gasteiger partial charge in [0.25, 0.3) is 0 Å². The van der Waals surface area contributed by atoms with E-state index in [4.69, 9.17) is 0 Å². The predicted molar refractivity (Wildman–Crippen MR) is 77.6 cm³/mol. The molecule has 5 heteroatoms. The van der Waals surface area contributed by atoms with Gasteiger partial charge in [-0.15, -0.1) is 0 Å². The van der Waals surface area contributed by atoms with Gasteiger partial charge in [-0.3, -0.25) is 0 Å². The first-order chi connectivity index (χ1) is 9.42. The normalized spacial score (nSPS) is 20.1. The number of hydrogen-bond donors (Lipinski definition) is 2. The highest BCUT2D eigenvalue weighted by Gasteiger charge is 2.16. The summed E-state index contributed by atoms with van der Waals surface area (Å²) in [5.74, 6) is 2.95. The molecule has 1 aromatic heterocycles. The maximum Gasteiger partial charge on any atom is 0.134 e. The number of nitrogens with zero attached hydrogens (tertiary/aromatic N) is 3. The molecule has 2 N–H and O–H groups in total. The second kappa shape index (κ2) is 6.19. The van der Waals surface area contributed by atoms with E-state index in [1.807, 2.05) is 0 Å². The van der Waals surface area contributed by atoms with Crippen LogP contribution in [0.25, 0.3) is 0 Å². The van der Waals surface area contributed by atoms with E-state index in [-0.39, 0.29) is 0 Å². The molecule has 1 saturated heterocycles. The van der Waals surface area contributed by atoms with Crippen molar-refractivity contribution in [2.24, 2.45) is 5.92 Å². The highest BCUT2D eigenvalue weighted by atomic mass is 15.2. The minimum absolute atomic E-state index is 0.946. The second-order valence-corrected chi connectivity index (χ2v) is 5.51. The number of aromatic nitrogens is 2. The molecule has 0 atom stereocenters. The molecule has 3 rings (SSSR count). The van der Waals surface area contributed by atoms with Crippen molar-refractivity contribution in [3.63, 3.8) is 0 Å². The Morgan fingerprint density at radius 2 is 2.11 bits per heavy atom. The van der Waals surface area contributed by atoms with Crippen molar-refractivity contribution < 1.29 is 0 Å². The molecule has 2 fully saturated rings. The van der Waals surface area contributed by atoms with Crippen molar-refractivity contribution in [3.8, 4) is 0 Å². The summed E-state index contributed by atoms with van der Waals surface area (Å²) >= 11 is 0. The van der Waals surface area contributed by atoms with Crippen molar-refractivity contribution in [2.45, 2.75) is 25.7 Å². The molecular formula is C14H23N5. The molecule has 0 bridgehead atoms. The summed E-state index contributed by atoms with van der Waals surface area (Å²) in [4.78, 5) is 11.0. The largest absolute Gasteiger partial charge is 0.370 e. The highest BCUT2D eigenvalue weighted by Crippen LogP contribution is 2.29. The summed E-state index contributed by atoms with van der Waals surface area (Å²) in [5, 5.41) is 6.79. The van der Waals surface area contributed by atoms with Crippen LogP contribution in [0.15, 0.2) is 12.4 Å². The van der Waals surface area contributed by atoms with Gasteiger partial charge in [0.2, 0.25) is 0 Å². The summed E-state index contributed by atoms with van der Waals surface area (Å²) < 4.78 is 0. The molecule has 0 amide bonds. The molecule has 1 saturated carbocycles. The third-order valence-corrected chi connectivity index (χ3v) is 4.18. The van der Waals surface area contributed by atoms with E-state index >= 15 is 0 Å². The van der Waals surface area contributed by atoms with E-state index in [1.165, 1.54) is 25.7 Å². The van der Waals surface area contributed by atoms with Gasteiger partial charge >= 0.3 is 0 Å². The first-order valence-corrected chi connectivity index (χ1v) is 7.43. The van der Waals surface area contributed by atoms with E-state index in [0.717, 1.165) is 50.3 Å². The predicted octanol–water partition coefficient (Wildman–Crippen LogP) is 1.49. The van der Waals surface area contributed by atoms with Gasteiger partial charge in [-0.25, -0.2) is 9.97 Å². The van der Waals surface area contributed by atoms with Gasteiger partial charge in [-0.1, -0.05) is 19.3 Å². The maximum atomic E-state index is 4.38. The summed E-state index contributed by atoms with van der Waals surface area (Å²) in [5.41, 5.74) is 0. The Hall–Kier alpha value is -1.36. The second-order valence-electron chi connectivity index (χ2n) is 5.51. The molecule has 104 valence electrons. The monoisotopic (exact) mass is 261 g/mol. The van der Waals surface area contributed by atoms with Crippen molar-refractivity contribution in [1.29, 1.82) is 0 Å². The minimum atomic E-state index is 0.946. The number of hydrogen-bond acceptors (Lipinski definition) is 5. The zero-order valence-electron chi connectivity index (χ0n) is 11.4. The molecule has 19 heavy (non-hydrogen) atoms. The summed E-state index contributed by atoms with van der Waals surface area (Å²) in [7, 11) is 0. The van der Waals surface area contributed by atoms with Crippen molar-refractivity contribution >= 4 is 11.6 Å². The van der Waals surface area contributed by atoms with Crippen LogP contribution in [0.2, 0.25) is 0 Å². The zero-order chi connectivity index (χ0) is 12.9. The smallest absolute Gasteiger partial charge is 0.134 e. The van der Waals surface area contributed by atoms with Crippen LogP contribution >= 0.6 is 0 Å². The topological polar surface area (TPSA) is 53.1 Å². The average molecular weight is 261 g/mol. The van der Waals surface area contributed by atoms with E-state index < -0.39 is 0 Å². The van der Waals surface area contributed by atoms with Crippen LogP contribution in [0.5, 0.6) is 0 Å². The van der Waals surface area contributed by atoms with Crippen LogP contribution in [0, 0.1) is 5.92 Å². The van der Waals surface area contributed by atoms with Crippen molar-refractivity contribution in [3.05, 3.63) is 12.4 Å². The van der Waals surface area contributed by atoms with Gasteiger partial charge < -0.3 is 15.5 Å². The van der Waals surface area contributed by atoms with E-state index in [0.29, 0.717) is 0 Å². The Balaban J connectivity index is 1.52. The van der Waals surface area contributed by atoms with Gasteiger partial charge in [-0.2, -0.15) is 0 Å². The molecule has 1 aromatic rings. The first kappa shape index (κ1) is 12.7. The highest BCUT2D eigenvalue weighted by molar-refractivity contribution is 5.48.